The fraction of sp³-hybridized carbons (Fsp3) is 0.333. The normalized spacial score (nSPS) is 19.7. The quantitative estimate of drug-likeness (QED) is 0.725. The number of hydrogen-bond donors (Lipinski definition) is 2. The SMILES string of the molecule is O=C(CCn1c(CO)nc2ccccc21)N1CCC(O)(c2ccccc2)C1. The van der Waals surface area contributed by atoms with Crippen LogP contribution in [0.15, 0.2) is 54.6 Å². The van der Waals surface area contributed by atoms with Crippen LogP contribution in [0.4, 0.5) is 0 Å². The minimum Gasteiger partial charge on any atom is -0.388 e. The Kier molecular flexibility index (Phi) is 4.68. The molecule has 6 heteroatoms. The Morgan fingerprint density at radius 1 is 1.11 bits per heavy atom. The Labute approximate surface area is 157 Å². The number of aromatic nitrogens is 2. The molecule has 1 saturated heterocycles. The summed E-state index contributed by atoms with van der Waals surface area (Å²) in [6, 6.07) is 17.2. The van der Waals surface area contributed by atoms with E-state index in [4.69, 9.17) is 0 Å². The standard InChI is InChI=1S/C21H23N3O3/c25-14-19-22-17-8-4-5-9-18(17)24(19)12-10-20(26)23-13-11-21(27,15-23)16-6-2-1-3-7-16/h1-9,25,27H,10-15H2. The number of fused-ring (bicyclic) bond motifs is 1. The van der Waals surface area contributed by atoms with Crippen molar-refractivity contribution in [3.63, 3.8) is 0 Å². The van der Waals surface area contributed by atoms with Crippen molar-refractivity contribution in [2.75, 3.05) is 13.1 Å². The molecule has 2 aromatic carbocycles. The van der Waals surface area contributed by atoms with Crippen LogP contribution >= 0.6 is 0 Å². The van der Waals surface area contributed by atoms with Gasteiger partial charge >= 0.3 is 0 Å². The molecule has 1 aromatic heterocycles. The molecule has 0 aliphatic carbocycles. The number of hydrogen-bond acceptors (Lipinski definition) is 4. The number of benzene rings is 2. The molecule has 27 heavy (non-hydrogen) atoms. The fourth-order valence-corrected chi connectivity index (χ4v) is 3.85. The van der Waals surface area contributed by atoms with Crippen LogP contribution in [0.5, 0.6) is 0 Å². The third-order valence-corrected chi connectivity index (χ3v) is 5.34. The fourth-order valence-electron chi connectivity index (χ4n) is 3.85. The Morgan fingerprint density at radius 2 is 1.85 bits per heavy atom. The second-order valence-corrected chi connectivity index (χ2v) is 7.04. The zero-order chi connectivity index (χ0) is 18.9. The predicted octanol–water partition coefficient (Wildman–Crippen LogP) is 2.04. The number of para-hydroxylation sites is 2. The van der Waals surface area contributed by atoms with E-state index in [1.165, 1.54) is 0 Å². The first-order chi connectivity index (χ1) is 13.1. The Morgan fingerprint density at radius 3 is 2.63 bits per heavy atom. The molecular formula is C21H23N3O3. The number of amides is 1. The van der Waals surface area contributed by atoms with Crippen molar-refractivity contribution in [1.82, 2.24) is 14.5 Å². The van der Waals surface area contributed by atoms with Gasteiger partial charge in [0.1, 0.15) is 18.0 Å². The number of aryl methyl sites for hydroxylation is 1. The summed E-state index contributed by atoms with van der Waals surface area (Å²) in [5, 5.41) is 20.5. The average molecular weight is 365 g/mol. The summed E-state index contributed by atoms with van der Waals surface area (Å²) >= 11 is 0. The van der Waals surface area contributed by atoms with Crippen LogP contribution in [-0.4, -0.2) is 43.7 Å². The first-order valence-corrected chi connectivity index (χ1v) is 9.21. The van der Waals surface area contributed by atoms with E-state index in [1.807, 2.05) is 59.2 Å². The van der Waals surface area contributed by atoms with E-state index in [2.05, 4.69) is 4.98 Å². The van der Waals surface area contributed by atoms with E-state index in [-0.39, 0.29) is 12.5 Å². The molecular weight excluding hydrogens is 342 g/mol. The molecule has 4 rings (SSSR count). The number of rotatable bonds is 5. The highest BCUT2D eigenvalue weighted by atomic mass is 16.3. The lowest BCUT2D eigenvalue weighted by molar-refractivity contribution is -0.131. The first-order valence-electron chi connectivity index (χ1n) is 9.21. The summed E-state index contributed by atoms with van der Waals surface area (Å²) in [5.41, 5.74) is 1.60. The molecule has 1 atom stereocenters. The van der Waals surface area contributed by atoms with Crippen LogP contribution in [0.1, 0.15) is 24.2 Å². The van der Waals surface area contributed by atoms with E-state index >= 15 is 0 Å². The number of likely N-dealkylation sites (tertiary alicyclic amines) is 1. The summed E-state index contributed by atoms with van der Waals surface area (Å²) < 4.78 is 1.90. The van der Waals surface area contributed by atoms with Crippen molar-refractivity contribution in [3.8, 4) is 0 Å². The number of aliphatic hydroxyl groups excluding tert-OH is 1. The van der Waals surface area contributed by atoms with Crippen LogP contribution < -0.4 is 0 Å². The van der Waals surface area contributed by atoms with Crippen molar-refractivity contribution in [2.24, 2.45) is 0 Å². The number of β-amino-alcohol motifs (C(OH)–C–C–N with tert-alkyl or cyclic N) is 1. The molecule has 1 unspecified atom stereocenters. The Hall–Kier alpha value is -2.70. The molecule has 3 aromatic rings. The molecule has 140 valence electrons. The lowest BCUT2D eigenvalue weighted by Gasteiger charge is -2.24. The summed E-state index contributed by atoms with van der Waals surface area (Å²) in [6.07, 6.45) is 0.844. The summed E-state index contributed by atoms with van der Waals surface area (Å²) in [7, 11) is 0. The van der Waals surface area contributed by atoms with Gasteiger partial charge in [0.25, 0.3) is 0 Å². The second kappa shape index (κ2) is 7.13. The van der Waals surface area contributed by atoms with Crippen LogP contribution in [-0.2, 0) is 23.5 Å². The van der Waals surface area contributed by atoms with E-state index in [0.29, 0.717) is 38.3 Å². The van der Waals surface area contributed by atoms with Crippen molar-refractivity contribution < 1.29 is 15.0 Å². The molecule has 0 saturated carbocycles. The van der Waals surface area contributed by atoms with Gasteiger partial charge in [0.15, 0.2) is 0 Å². The highest BCUT2D eigenvalue weighted by molar-refractivity contribution is 5.78. The van der Waals surface area contributed by atoms with Gasteiger partial charge in [-0.2, -0.15) is 0 Å². The van der Waals surface area contributed by atoms with E-state index in [9.17, 15) is 15.0 Å². The largest absolute Gasteiger partial charge is 0.388 e. The first kappa shape index (κ1) is 17.7. The summed E-state index contributed by atoms with van der Waals surface area (Å²) in [5.74, 6) is 0.565. The highest BCUT2D eigenvalue weighted by Crippen LogP contribution is 2.32. The smallest absolute Gasteiger partial charge is 0.224 e. The number of aliphatic hydroxyl groups is 2. The van der Waals surface area contributed by atoms with Crippen molar-refractivity contribution in [2.45, 2.75) is 31.6 Å². The molecule has 2 heterocycles. The second-order valence-electron chi connectivity index (χ2n) is 7.04. The maximum Gasteiger partial charge on any atom is 0.224 e. The van der Waals surface area contributed by atoms with Crippen LogP contribution in [0.2, 0.25) is 0 Å². The molecule has 0 spiro atoms. The molecule has 1 fully saturated rings. The molecule has 2 N–H and O–H groups in total. The predicted molar refractivity (Wildman–Crippen MR) is 102 cm³/mol. The number of carbonyl (C=O) groups is 1. The maximum absolute atomic E-state index is 12.7. The lowest BCUT2D eigenvalue weighted by atomic mass is 9.93. The molecule has 0 radical (unpaired) electrons. The van der Waals surface area contributed by atoms with Crippen LogP contribution in [0, 0.1) is 0 Å². The van der Waals surface area contributed by atoms with Gasteiger partial charge in [0.2, 0.25) is 5.91 Å². The average Bonchev–Trinajstić information content (AvgIpc) is 3.28. The van der Waals surface area contributed by atoms with Gasteiger partial charge in [0.05, 0.1) is 17.6 Å². The van der Waals surface area contributed by atoms with Crippen molar-refractivity contribution in [3.05, 3.63) is 66.0 Å². The summed E-state index contributed by atoms with van der Waals surface area (Å²) in [4.78, 5) is 18.9. The van der Waals surface area contributed by atoms with E-state index in [0.717, 1.165) is 16.6 Å². The zero-order valence-electron chi connectivity index (χ0n) is 15.1. The van der Waals surface area contributed by atoms with Crippen LogP contribution in [0.3, 0.4) is 0 Å². The van der Waals surface area contributed by atoms with Gasteiger partial charge in [0, 0.05) is 19.5 Å². The Balaban J connectivity index is 1.45. The van der Waals surface area contributed by atoms with Crippen molar-refractivity contribution in [1.29, 1.82) is 0 Å². The third-order valence-electron chi connectivity index (χ3n) is 5.34. The monoisotopic (exact) mass is 365 g/mol. The minimum atomic E-state index is -0.977. The van der Waals surface area contributed by atoms with E-state index < -0.39 is 5.60 Å². The molecule has 6 nitrogen and oxygen atoms in total. The van der Waals surface area contributed by atoms with Gasteiger partial charge in [-0.15, -0.1) is 0 Å². The van der Waals surface area contributed by atoms with Gasteiger partial charge < -0.3 is 19.7 Å². The summed E-state index contributed by atoms with van der Waals surface area (Å²) in [6.45, 7) is 1.14. The Bertz CT molecular complexity index is 954. The number of imidazole rings is 1. The molecule has 0 bridgehead atoms. The van der Waals surface area contributed by atoms with Gasteiger partial charge in [-0.3, -0.25) is 4.79 Å². The van der Waals surface area contributed by atoms with E-state index in [1.54, 1.807) is 4.90 Å². The lowest BCUT2D eigenvalue weighted by Crippen LogP contribution is -2.34. The van der Waals surface area contributed by atoms with Crippen LogP contribution in [0.25, 0.3) is 11.0 Å². The number of nitrogens with zero attached hydrogens (tertiary/aromatic N) is 3. The maximum atomic E-state index is 12.7. The van der Waals surface area contributed by atoms with Gasteiger partial charge in [-0.05, 0) is 24.1 Å². The molecule has 1 amide bonds. The topological polar surface area (TPSA) is 78.6 Å². The third kappa shape index (κ3) is 3.34. The van der Waals surface area contributed by atoms with Crippen molar-refractivity contribution >= 4 is 16.9 Å². The molecule has 1 aliphatic heterocycles. The molecule has 1 aliphatic rings. The highest BCUT2D eigenvalue weighted by Gasteiger charge is 2.39. The van der Waals surface area contributed by atoms with Gasteiger partial charge in [-0.1, -0.05) is 42.5 Å². The zero-order valence-corrected chi connectivity index (χ0v) is 15.1. The van der Waals surface area contributed by atoms with Gasteiger partial charge in [-0.25, -0.2) is 4.98 Å². The number of carbonyl (C=O) groups excluding carboxylic acids is 1. The minimum absolute atomic E-state index is 0.00327.